The molecule has 0 bridgehead atoms. The summed E-state index contributed by atoms with van der Waals surface area (Å²) in [7, 11) is 3.01. The summed E-state index contributed by atoms with van der Waals surface area (Å²) in [4.78, 5) is 42.8. The number of imidazole rings is 1. The van der Waals surface area contributed by atoms with Crippen LogP contribution in [0.2, 0.25) is 0 Å². The smallest absolute Gasteiger partial charge is 0.332 e. The zero-order chi connectivity index (χ0) is 18.1. The molecule has 0 unspecified atom stereocenters. The van der Waals surface area contributed by atoms with Gasteiger partial charge in [0.1, 0.15) is 0 Å². The number of hydrogen-bond donors (Lipinski definition) is 0. The number of carbonyl (C=O) groups is 1. The Hall–Kier alpha value is -2.42. The van der Waals surface area contributed by atoms with E-state index < -0.39 is 11.2 Å². The summed E-state index contributed by atoms with van der Waals surface area (Å²) in [6.45, 7) is 4.14. The number of hydrogen-bond acceptors (Lipinski definition) is 5. The van der Waals surface area contributed by atoms with E-state index in [2.05, 4.69) is 4.98 Å². The van der Waals surface area contributed by atoms with Crippen molar-refractivity contribution in [3.8, 4) is 0 Å². The van der Waals surface area contributed by atoms with Gasteiger partial charge in [0.2, 0.25) is 5.91 Å². The molecule has 1 fully saturated rings. The SMILES string of the molecule is CC[C@@H]1CN(C(=O)CCn2cnc3c2c(=O)n(C)c(=O)n3C)CCO1. The van der Waals surface area contributed by atoms with Crippen LogP contribution in [-0.4, -0.2) is 55.3 Å². The molecular weight excluding hydrogens is 326 g/mol. The van der Waals surface area contributed by atoms with Crippen molar-refractivity contribution < 1.29 is 9.53 Å². The van der Waals surface area contributed by atoms with Crippen molar-refractivity contribution in [2.75, 3.05) is 19.7 Å². The minimum atomic E-state index is -0.419. The van der Waals surface area contributed by atoms with Gasteiger partial charge in [-0.1, -0.05) is 6.92 Å². The first-order valence-corrected chi connectivity index (χ1v) is 8.44. The van der Waals surface area contributed by atoms with Crippen LogP contribution in [0.4, 0.5) is 0 Å². The predicted octanol–water partition coefficient (Wildman–Crippen LogP) is -0.539. The minimum absolute atomic E-state index is 0.0326. The van der Waals surface area contributed by atoms with Crippen LogP contribution in [0.25, 0.3) is 11.2 Å². The lowest BCUT2D eigenvalue weighted by atomic mass is 10.2. The lowest BCUT2D eigenvalue weighted by Crippen LogP contribution is -2.45. The average molecular weight is 349 g/mol. The molecule has 25 heavy (non-hydrogen) atoms. The molecule has 1 aliphatic heterocycles. The molecule has 0 aliphatic carbocycles. The summed E-state index contributed by atoms with van der Waals surface area (Å²) in [6.07, 6.45) is 2.74. The van der Waals surface area contributed by atoms with Crippen LogP contribution in [-0.2, 0) is 30.2 Å². The Kier molecular flexibility index (Phi) is 4.76. The summed E-state index contributed by atoms with van der Waals surface area (Å²) < 4.78 is 9.62. The molecular formula is C16H23N5O4. The van der Waals surface area contributed by atoms with Gasteiger partial charge >= 0.3 is 5.69 Å². The van der Waals surface area contributed by atoms with Gasteiger partial charge in [0.25, 0.3) is 5.56 Å². The van der Waals surface area contributed by atoms with Crippen molar-refractivity contribution in [3.05, 3.63) is 27.2 Å². The number of carbonyl (C=O) groups excluding carboxylic acids is 1. The van der Waals surface area contributed by atoms with Crippen LogP contribution in [0.15, 0.2) is 15.9 Å². The van der Waals surface area contributed by atoms with E-state index in [0.29, 0.717) is 37.4 Å². The van der Waals surface area contributed by atoms with E-state index in [1.54, 1.807) is 11.6 Å². The molecule has 0 aromatic carbocycles. The van der Waals surface area contributed by atoms with Gasteiger partial charge in [-0.3, -0.25) is 18.7 Å². The second-order valence-electron chi connectivity index (χ2n) is 6.31. The van der Waals surface area contributed by atoms with Gasteiger partial charge in [-0.05, 0) is 6.42 Å². The van der Waals surface area contributed by atoms with E-state index in [-0.39, 0.29) is 18.4 Å². The first kappa shape index (κ1) is 17.4. The fourth-order valence-electron chi connectivity index (χ4n) is 3.13. The quantitative estimate of drug-likeness (QED) is 0.739. The molecule has 1 aliphatic rings. The molecule has 1 amide bonds. The average Bonchev–Trinajstić information content (AvgIpc) is 3.06. The van der Waals surface area contributed by atoms with Crippen LogP contribution < -0.4 is 11.2 Å². The van der Waals surface area contributed by atoms with Crippen LogP contribution in [0.3, 0.4) is 0 Å². The summed E-state index contributed by atoms with van der Waals surface area (Å²) in [5.74, 6) is 0.0326. The zero-order valence-electron chi connectivity index (χ0n) is 14.8. The van der Waals surface area contributed by atoms with Crippen molar-refractivity contribution in [2.45, 2.75) is 32.4 Å². The number of nitrogens with zero attached hydrogens (tertiary/aromatic N) is 5. The van der Waals surface area contributed by atoms with E-state index in [0.717, 1.165) is 11.0 Å². The molecule has 1 atom stereocenters. The molecule has 0 radical (unpaired) electrons. The normalized spacial score (nSPS) is 18.0. The van der Waals surface area contributed by atoms with Gasteiger partial charge in [0.15, 0.2) is 11.2 Å². The zero-order valence-corrected chi connectivity index (χ0v) is 14.8. The Morgan fingerprint density at radius 3 is 2.80 bits per heavy atom. The van der Waals surface area contributed by atoms with Crippen LogP contribution in [0.1, 0.15) is 19.8 Å². The predicted molar refractivity (Wildman–Crippen MR) is 91.4 cm³/mol. The van der Waals surface area contributed by atoms with Crippen molar-refractivity contribution in [1.29, 1.82) is 0 Å². The summed E-state index contributed by atoms with van der Waals surface area (Å²) >= 11 is 0. The highest BCUT2D eigenvalue weighted by molar-refractivity contribution is 5.76. The third kappa shape index (κ3) is 3.11. The largest absolute Gasteiger partial charge is 0.375 e. The molecule has 2 aromatic heterocycles. The third-order valence-electron chi connectivity index (χ3n) is 4.73. The Bertz CT molecular complexity index is 910. The van der Waals surface area contributed by atoms with Crippen LogP contribution >= 0.6 is 0 Å². The molecule has 0 N–H and O–H groups in total. The number of rotatable bonds is 4. The van der Waals surface area contributed by atoms with Crippen molar-refractivity contribution >= 4 is 17.1 Å². The molecule has 1 saturated heterocycles. The lowest BCUT2D eigenvalue weighted by Gasteiger charge is -2.32. The molecule has 3 rings (SSSR count). The van der Waals surface area contributed by atoms with E-state index in [9.17, 15) is 14.4 Å². The first-order valence-electron chi connectivity index (χ1n) is 8.44. The van der Waals surface area contributed by atoms with Crippen molar-refractivity contribution in [2.24, 2.45) is 14.1 Å². The van der Waals surface area contributed by atoms with Crippen molar-refractivity contribution in [1.82, 2.24) is 23.6 Å². The second kappa shape index (κ2) is 6.83. The van der Waals surface area contributed by atoms with Gasteiger partial charge < -0.3 is 14.2 Å². The maximum absolute atomic E-state index is 12.5. The monoisotopic (exact) mass is 349 g/mol. The molecule has 2 aromatic rings. The second-order valence-corrected chi connectivity index (χ2v) is 6.31. The summed E-state index contributed by atoms with van der Waals surface area (Å²) in [5.41, 5.74) is -0.151. The Balaban J connectivity index is 1.79. The maximum Gasteiger partial charge on any atom is 0.332 e. The van der Waals surface area contributed by atoms with Gasteiger partial charge in [-0.25, -0.2) is 9.78 Å². The van der Waals surface area contributed by atoms with Crippen LogP contribution in [0.5, 0.6) is 0 Å². The van der Waals surface area contributed by atoms with E-state index in [1.807, 2.05) is 11.8 Å². The Morgan fingerprint density at radius 2 is 2.08 bits per heavy atom. The standard InChI is InChI=1S/C16H23N5O4/c1-4-11-9-20(7-8-25-11)12(22)5-6-21-10-17-14-13(21)15(23)19(3)16(24)18(14)2/h10-11H,4-9H2,1-3H3/t11-/m1/s1. The Morgan fingerprint density at radius 1 is 1.32 bits per heavy atom. The van der Waals surface area contributed by atoms with Crippen molar-refractivity contribution in [3.63, 3.8) is 0 Å². The number of aryl methyl sites for hydroxylation is 2. The molecule has 0 spiro atoms. The summed E-state index contributed by atoms with van der Waals surface area (Å²) in [6, 6.07) is 0. The van der Waals surface area contributed by atoms with Gasteiger partial charge in [0.05, 0.1) is 19.0 Å². The van der Waals surface area contributed by atoms with Gasteiger partial charge in [0, 0.05) is 40.2 Å². The lowest BCUT2D eigenvalue weighted by molar-refractivity contribution is -0.139. The number of morpholine rings is 1. The molecule has 9 heteroatoms. The number of aromatic nitrogens is 4. The highest BCUT2D eigenvalue weighted by Crippen LogP contribution is 2.11. The van der Waals surface area contributed by atoms with E-state index >= 15 is 0 Å². The minimum Gasteiger partial charge on any atom is -0.375 e. The van der Waals surface area contributed by atoms with Gasteiger partial charge in [-0.2, -0.15) is 0 Å². The highest BCUT2D eigenvalue weighted by atomic mass is 16.5. The topological polar surface area (TPSA) is 91.4 Å². The van der Waals surface area contributed by atoms with Gasteiger partial charge in [-0.15, -0.1) is 0 Å². The fourth-order valence-corrected chi connectivity index (χ4v) is 3.13. The fraction of sp³-hybridized carbons (Fsp3) is 0.625. The highest BCUT2D eigenvalue weighted by Gasteiger charge is 2.23. The molecule has 0 saturated carbocycles. The number of amides is 1. The number of ether oxygens (including phenoxy) is 1. The summed E-state index contributed by atoms with van der Waals surface area (Å²) in [5, 5.41) is 0. The molecule has 3 heterocycles. The Labute approximate surface area is 144 Å². The first-order chi connectivity index (χ1) is 11.9. The molecule has 136 valence electrons. The number of fused-ring (bicyclic) bond motifs is 1. The van der Waals surface area contributed by atoms with E-state index in [4.69, 9.17) is 4.74 Å². The van der Waals surface area contributed by atoms with E-state index in [1.165, 1.54) is 17.9 Å². The maximum atomic E-state index is 12.5. The molecule has 9 nitrogen and oxygen atoms in total. The third-order valence-corrected chi connectivity index (χ3v) is 4.73. The van der Waals surface area contributed by atoms with Crippen LogP contribution in [0, 0.1) is 0 Å².